The van der Waals surface area contributed by atoms with Crippen LogP contribution in [0.1, 0.15) is 20.7 Å². The van der Waals surface area contributed by atoms with E-state index >= 15 is 0 Å². The summed E-state index contributed by atoms with van der Waals surface area (Å²) < 4.78 is 4.70. The van der Waals surface area contributed by atoms with Crippen molar-refractivity contribution in [1.82, 2.24) is 5.32 Å². The number of benzene rings is 2. The molecule has 0 saturated heterocycles. The third-order valence-electron chi connectivity index (χ3n) is 3.22. The van der Waals surface area contributed by atoms with Gasteiger partial charge in [0.15, 0.2) is 5.11 Å². The fraction of sp³-hybridized carbons (Fsp3) is 0.118. The Hall–Kier alpha value is -2.93. The van der Waals surface area contributed by atoms with E-state index in [1.54, 1.807) is 49.5 Å². The number of carbonyl (C=O) groups excluding carboxylic acids is 2. The van der Waals surface area contributed by atoms with Crippen LogP contribution in [0.15, 0.2) is 48.5 Å². The van der Waals surface area contributed by atoms with Crippen LogP contribution in [0.2, 0.25) is 0 Å². The third-order valence-corrected chi connectivity index (χ3v) is 3.43. The molecule has 0 aliphatic heterocycles. The lowest BCUT2D eigenvalue weighted by molar-refractivity contribution is 0.0600. The molecule has 24 heavy (non-hydrogen) atoms. The number of esters is 1. The number of thiocarbonyl (C=S) groups is 1. The number of ether oxygens (including phenoxy) is 1. The normalized spacial score (nSPS) is 9.75. The highest BCUT2D eigenvalue weighted by atomic mass is 32.1. The molecule has 0 unspecified atom stereocenters. The maximum absolute atomic E-state index is 12.1. The van der Waals surface area contributed by atoms with Gasteiger partial charge in [0.05, 0.1) is 24.0 Å². The Bertz CT molecular complexity index is 763. The molecule has 0 fully saturated rings. The van der Waals surface area contributed by atoms with Crippen molar-refractivity contribution >= 4 is 40.6 Å². The molecule has 2 rings (SSSR count). The standard InChI is InChI=1S/C17H17N3O3S/c1-18-13-9-8-12(16(22)23-2)10-14(13)19-17(24)20-15(21)11-6-4-3-5-7-11/h3-10,18H,1-2H3,(H2,19,20,21,24). The van der Waals surface area contributed by atoms with E-state index in [4.69, 9.17) is 17.0 Å². The zero-order valence-corrected chi connectivity index (χ0v) is 14.1. The fourth-order valence-corrected chi connectivity index (χ4v) is 2.23. The second-order valence-electron chi connectivity index (χ2n) is 4.78. The molecule has 0 heterocycles. The molecule has 0 saturated carbocycles. The quantitative estimate of drug-likeness (QED) is 0.585. The molecule has 0 bridgehead atoms. The summed E-state index contributed by atoms with van der Waals surface area (Å²) in [5.74, 6) is -0.775. The Labute approximate surface area is 145 Å². The summed E-state index contributed by atoms with van der Waals surface area (Å²) in [6.45, 7) is 0. The minimum absolute atomic E-state index is 0.127. The molecule has 2 aromatic carbocycles. The van der Waals surface area contributed by atoms with Gasteiger partial charge in [-0.15, -0.1) is 0 Å². The van der Waals surface area contributed by atoms with E-state index in [1.165, 1.54) is 7.11 Å². The zero-order valence-electron chi connectivity index (χ0n) is 13.3. The van der Waals surface area contributed by atoms with Gasteiger partial charge in [-0.1, -0.05) is 18.2 Å². The molecule has 0 radical (unpaired) electrons. The average molecular weight is 343 g/mol. The van der Waals surface area contributed by atoms with Gasteiger partial charge in [0.1, 0.15) is 0 Å². The first kappa shape index (κ1) is 17.4. The first-order valence-corrected chi connectivity index (χ1v) is 7.53. The molecule has 0 aliphatic rings. The van der Waals surface area contributed by atoms with Crippen LogP contribution < -0.4 is 16.0 Å². The fourth-order valence-electron chi connectivity index (χ4n) is 2.03. The molecule has 0 aromatic heterocycles. The highest BCUT2D eigenvalue weighted by Crippen LogP contribution is 2.23. The van der Waals surface area contributed by atoms with Crippen molar-refractivity contribution in [3.05, 3.63) is 59.7 Å². The highest BCUT2D eigenvalue weighted by Gasteiger charge is 2.12. The first-order valence-electron chi connectivity index (χ1n) is 7.12. The maximum atomic E-state index is 12.1. The van der Waals surface area contributed by atoms with Gasteiger partial charge in [-0.3, -0.25) is 10.1 Å². The molecule has 0 atom stereocenters. The van der Waals surface area contributed by atoms with Crippen LogP contribution in [-0.4, -0.2) is 31.1 Å². The average Bonchev–Trinajstić information content (AvgIpc) is 2.61. The molecule has 124 valence electrons. The zero-order chi connectivity index (χ0) is 17.5. The number of carbonyl (C=O) groups is 2. The van der Waals surface area contributed by atoms with Gasteiger partial charge in [0.25, 0.3) is 5.91 Å². The smallest absolute Gasteiger partial charge is 0.337 e. The van der Waals surface area contributed by atoms with E-state index in [0.717, 1.165) is 5.69 Å². The molecular weight excluding hydrogens is 326 g/mol. The molecule has 0 spiro atoms. The number of hydrogen-bond acceptors (Lipinski definition) is 5. The van der Waals surface area contributed by atoms with Gasteiger partial charge in [-0.25, -0.2) is 4.79 Å². The molecule has 2 aromatic rings. The van der Waals surface area contributed by atoms with E-state index in [2.05, 4.69) is 16.0 Å². The molecule has 7 heteroatoms. The lowest BCUT2D eigenvalue weighted by Gasteiger charge is -2.14. The number of hydrogen-bond donors (Lipinski definition) is 3. The van der Waals surface area contributed by atoms with Crippen molar-refractivity contribution in [3.8, 4) is 0 Å². The molecule has 0 aliphatic carbocycles. The number of rotatable bonds is 4. The van der Waals surface area contributed by atoms with Crippen LogP contribution in [0.4, 0.5) is 11.4 Å². The summed E-state index contributed by atoms with van der Waals surface area (Å²) in [4.78, 5) is 23.7. The van der Waals surface area contributed by atoms with E-state index < -0.39 is 5.97 Å². The number of methoxy groups -OCH3 is 1. The Kier molecular flexibility index (Phi) is 5.86. The number of nitrogens with one attached hydrogen (secondary N) is 3. The topological polar surface area (TPSA) is 79.5 Å². The Morgan fingerprint density at radius 2 is 1.71 bits per heavy atom. The van der Waals surface area contributed by atoms with Gasteiger partial charge in [-0.05, 0) is 42.5 Å². The summed E-state index contributed by atoms with van der Waals surface area (Å²) in [7, 11) is 3.05. The van der Waals surface area contributed by atoms with Crippen molar-refractivity contribution in [2.45, 2.75) is 0 Å². The van der Waals surface area contributed by atoms with Crippen molar-refractivity contribution in [3.63, 3.8) is 0 Å². The van der Waals surface area contributed by atoms with Gasteiger partial charge in [0, 0.05) is 12.6 Å². The Morgan fingerprint density at radius 1 is 1.00 bits per heavy atom. The summed E-state index contributed by atoms with van der Waals surface area (Å²) in [6, 6.07) is 13.7. The van der Waals surface area contributed by atoms with Crippen LogP contribution in [0.3, 0.4) is 0 Å². The van der Waals surface area contributed by atoms with Crippen LogP contribution in [0.25, 0.3) is 0 Å². The largest absolute Gasteiger partial charge is 0.465 e. The van der Waals surface area contributed by atoms with Gasteiger partial charge in [-0.2, -0.15) is 0 Å². The minimum atomic E-state index is -0.458. The lowest BCUT2D eigenvalue weighted by Crippen LogP contribution is -2.34. The summed E-state index contributed by atoms with van der Waals surface area (Å²) in [6.07, 6.45) is 0. The van der Waals surface area contributed by atoms with Crippen molar-refractivity contribution in [2.75, 3.05) is 24.8 Å². The van der Waals surface area contributed by atoms with E-state index in [0.29, 0.717) is 16.8 Å². The van der Waals surface area contributed by atoms with Crippen LogP contribution in [0, 0.1) is 0 Å². The SMILES string of the molecule is CNc1ccc(C(=O)OC)cc1NC(=S)NC(=O)c1ccccc1. The Balaban J connectivity index is 2.13. The molecular formula is C17H17N3O3S. The number of anilines is 2. The summed E-state index contributed by atoms with van der Waals surface area (Å²) in [5.41, 5.74) is 2.15. The first-order chi connectivity index (χ1) is 11.5. The number of amides is 1. The van der Waals surface area contributed by atoms with Crippen LogP contribution in [0.5, 0.6) is 0 Å². The van der Waals surface area contributed by atoms with E-state index in [-0.39, 0.29) is 11.0 Å². The predicted molar refractivity (Wildman–Crippen MR) is 97.5 cm³/mol. The molecule has 3 N–H and O–H groups in total. The lowest BCUT2D eigenvalue weighted by atomic mass is 10.1. The Morgan fingerprint density at radius 3 is 2.33 bits per heavy atom. The van der Waals surface area contributed by atoms with Gasteiger partial charge in [0.2, 0.25) is 0 Å². The summed E-state index contributed by atoms with van der Waals surface area (Å²) in [5, 5.41) is 8.62. The van der Waals surface area contributed by atoms with Crippen LogP contribution in [-0.2, 0) is 4.74 Å². The second-order valence-corrected chi connectivity index (χ2v) is 5.18. The maximum Gasteiger partial charge on any atom is 0.337 e. The van der Waals surface area contributed by atoms with Crippen LogP contribution >= 0.6 is 12.2 Å². The van der Waals surface area contributed by atoms with Crippen molar-refractivity contribution in [1.29, 1.82) is 0 Å². The minimum Gasteiger partial charge on any atom is -0.465 e. The van der Waals surface area contributed by atoms with Gasteiger partial charge < -0.3 is 15.4 Å². The van der Waals surface area contributed by atoms with E-state index in [1.807, 2.05) is 6.07 Å². The van der Waals surface area contributed by atoms with Crippen molar-refractivity contribution in [2.24, 2.45) is 0 Å². The third kappa shape index (κ3) is 4.30. The predicted octanol–water partition coefficient (Wildman–Crippen LogP) is 2.64. The monoisotopic (exact) mass is 343 g/mol. The second kappa shape index (κ2) is 8.07. The van der Waals surface area contributed by atoms with Crippen molar-refractivity contribution < 1.29 is 14.3 Å². The molecule has 6 nitrogen and oxygen atoms in total. The highest BCUT2D eigenvalue weighted by molar-refractivity contribution is 7.80. The van der Waals surface area contributed by atoms with Gasteiger partial charge >= 0.3 is 5.97 Å². The van der Waals surface area contributed by atoms with E-state index in [9.17, 15) is 9.59 Å². The summed E-state index contributed by atoms with van der Waals surface area (Å²) >= 11 is 5.17. The molecule has 1 amide bonds.